The highest BCUT2D eigenvalue weighted by Crippen LogP contribution is 2.67. The number of esters is 3. The zero-order valence-corrected chi connectivity index (χ0v) is 35.2. The van der Waals surface area contributed by atoms with Crippen molar-refractivity contribution < 1.29 is 52.8 Å². The Bertz CT molecular complexity index is 2310. The van der Waals surface area contributed by atoms with Gasteiger partial charge in [0.1, 0.15) is 17.0 Å². The monoisotopic (exact) mass is 865 g/mol. The molecule has 4 saturated carbocycles. The number of carbonyl (C=O) groups excluding carboxylic acids is 5. The Hall–Kier alpha value is -4.44. The van der Waals surface area contributed by atoms with E-state index in [4.69, 9.17) is 31.5 Å². The Balaban J connectivity index is 0.841. The molecule has 61 heavy (non-hydrogen) atoms. The van der Waals surface area contributed by atoms with Crippen LogP contribution in [-0.2, 0) is 33.4 Å². The third-order valence-electron chi connectivity index (χ3n) is 14.8. The van der Waals surface area contributed by atoms with Crippen LogP contribution in [0.2, 0.25) is 5.02 Å². The topological polar surface area (TPSA) is 205 Å². The van der Waals surface area contributed by atoms with Crippen LogP contribution in [0.1, 0.15) is 107 Å². The quantitative estimate of drug-likeness (QED) is 0.201. The van der Waals surface area contributed by atoms with Crippen LogP contribution in [-0.4, -0.2) is 88.5 Å². The fourth-order valence-electron chi connectivity index (χ4n) is 11.5. The summed E-state index contributed by atoms with van der Waals surface area (Å²) in [6.45, 7) is 3.22. The summed E-state index contributed by atoms with van der Waals surface area (Å²) >= 11 is 6.85. The number of rotatable bonds is 11. The average molecular weight is 866 g/mol. The van der Waals surface area contributed by atoms with E-state index >= 15 is 4.39 Å². The van der Waals surface area contributed by atoms with Gasteiger partial charge in [-0.25, -0.2) is 9.18 Å². The lowest BCUT2D eigenvalue weighted by molar-refractivity contribution is -0.181. The molecule has 5 fully saturated rings. The van der Waals surface area contributed by atoms with E-state index in [0.717, 1.165) is 50.2 Å². The molecule has 0 bridgehead atoms. The van der Waals surface area contributed by atoms with E-state index in [0.29, 0.717) is 31.4 Å². The molecule has 1 aromatic carbocycles. The summed E-state index contributed by atoms with van der Waals surface area (Å²) in [7, 11) is 0. The predicted molar refractivity (Wildman–Crippen MR) is 220 cm³/mol. The van der Waals surface area contributed by atoms with E-state index in [1.165, 1.54) is 6.20 Å². The number of nitrogens with two attached hydrogens (primary N) is 1. The second kappa shape index (κ2) is 16.4. The van der Waals surface area contributed by atoms with Gasteiger partial charge in [0, 0.05) is 48.1 Å². The average Bonchev–Trinajstić information content (AvgIpc) is 4.04. The molecule has 5 aliphatic carbocycles. The number of aliphatic hydroxyl groups is 2. The highest BCUT2D eigenvalue weighted by molar-refractivity contribution is 6.38. The zero-order chi connectivity index (χ0) is 43.6. The van der Waals surface area contributed by atoms with Crippen molar-refractivity contribution in [2.75, 3.05) is 31.4 Å². The highest BCUT2D eigenvalue weighted by Gasteiger charge is 2.68. The lowest BCUT2D eigenvalue weighted by atomic mass is 9.46. The first-order chi connectivity index (χ1) is 29.0. The van der Waals surface area contributed by atoms with E-state index in [1.807, 2.05) is 24.8 Å². The number of ether oxygens (including phenoxy) is 3. The summed E-state index contributed by atoms with van der Waals surface area (Å²) in [5.74, 6) is -4.63. The fourth-order valence-corrected chi connectivity index (χ4v) is 11.9. The van der Waals surface area contributed by atoms with E-state index in [-0.39, 0.29) is 64.6 Å². The smallest absolute Gasteiger partial charge is 0.346 e. The van der Waals surface area contributed by atoms with Crippen LogP contribution in [0, 0.1) is 34.4 Å². The van der Waals surface area contributed by atoms with Gasteiger partial charge >= 0.3 is 17.9 Å². The Labute approximate surface area is 357 Å². The molecule has 1 aromatic heterocycles. The molecular weight excluding hydrogens is 813 g/mol. The second-order valence-electron chi connectivity index (χ2n) is 18.4. The van der Waals surface area contributed by atoms with Gasteiger partial charge in [-0.1, -0.05) is 43.5 Å². The van der Waals surface area contributed by atoms with Crippen LogP contribution in [0.4, 0.5) is 10.1 Å². The number of aliphatic hydroxyl groups excluding tert-OH is 1. The number of hydrogen-bond donors (Lipinski definition) is 3. The van der Waals surface area contributed by atoms with Crippen LogP contribution in [0.15, 0.2) is 40.9 Å². The largest absolute Gasteiger partial charge is 0.458 e. The molecule has 1 aliphatic heterocycles. The number of pyridine rings is 1. The van der Waals surface area contributed by atoms with Crippen molar-refractivity contribution in [3.8, 4) is 0 Å². The molecule has 0 radical (unpaired) electrons. The maximum Gasteiger partial charge on any atom is 0.346 e. The first-order valence-electron chi connectivity index (χ1n) is 21.4. The maximum absolute atomic E-state index is 15.7. The molecular formula is C45H53ClFN3O11. The number of carbonyl (C=O) groups is 5. The number of Topliss-reactive ketones (excluding diaryl/α,β-unsaturated/α-hetero) is 1. The van der Waals surface area contributed by atoms with E-state index in [1.54, 1.807) is 16.7 Å². The maximum atomic E-state index is 15.7. The number of fused-ring (bicyclic) bond motifs is 6. The molecule has 8 rings (SSSR count). The number of benzene rings is 1. The van der Waals surface area contributed by atoms with Gasteiger partial charge in [0.05, 0.1) is 40.6 Å². The first-order valence-corrected chi connectivity index (χ1v) is 21.8. The van der Waals surface area contributed by atoms with Gasteiger partial charge in [-0.3, -0.25) is 24.0 Å². The minimum absolute atomic E-state index is 0.00395. The summed E-state index contributed by atoms with van der Waals surface area (Å²) in [6.07, 6.45) is 10.9. The summed E-state index contributed by atoms with van der Waals surface area (Å²) in [5.41, 5.74) is 3.19. The summed E-state index contributed by atoms with van der Waals surface area (Å²) in [6, 6.07) is 0.848. The van der Waals surface area contributed by atoms with Gasteiger partial charge in [-0.15, -0.1) is 0 Å². The summed E-state index contributed by atoms with van der Waals surface area (Å²) < 4.78 is 32.7. The van der Waals surface area contributed by atoms with Crippen molar-refractivity contribution in [1.82, 2.24) is 4.57 Å². The molecule has 16 heteroatoms. The third-order valence-corrected chi connectivity index (χ3v) is 15.1. The number of ketones is 2. The van der Waals surface area contributed by atoms with Crippen molar-refractivity contribution in [2.24, 2.45) is 34.3 Å². The molecule has 6 aliphatic rings. The van der Waals surface area contributed by atoms with Crippen molar-refractivity contribution in [3.63, 3.8) is 0 Å². The Morgan fingerprint density at radius 3 is 2.49 bits per heavy atom. The molecule has 2 aromatic rings. The molecule has 0 amide bonds. The van der Waals surface area contributed by atoms with Crippen LogP contribution in [0.3, 0.4) is 0 Å². The van der Waals surface area contributed by atoms with Crippen LogP contribution >= 0.6 is 11.6 Å². The minimum atomic E-state index is -1.85. The number of anilines is 1. The molecule has 1 saturated heterocycles. The second-order valence-corrected chi connectivity index (χ2v) is 18.8. The Morgan fingerprint density at radius 1 is 1.02 bits per heavy atom. The van der Waals surface area contributed by atoms with Crippen LogP contribution in [0.5, 0.6) is 0 Å². The predicted octanol–water partition coefficient (Wildman–Crippen LogP) is 5.01. The van der Waals surface area contributed by atoms with Crippen LogP contribution in [0.25, 0.3) is 10.9 Å². The number of hydrogen-bond acceptors (Lipinski definition) is 13. The Morgan fingerprint density at radius 2 is 1.75 bits per heavy atom. The van der Waals surface area contributed by atoms with Crippen molar-refractivity contribution >= 4 is 57.7 Å². The van der Waals surface area contributed by atoms with Crippen molar-refractivity contribution in [2.45, 2.75) is 115 Å². The first kappa shape index (κ1) is 43.2. The van der Waals surface area contributed by atoms with Crippen LogP contribution < -0.4 is 16.1 Å². The van der Waals surface area contributed by atoms with E-state index in [2.05, 4.69) is 0 Å². The minimum Gasteiger partial charge on any atom is -0.458 e. The van der Waals surface area contributed by atoms with Gasteiger partial charge < -0.3 is 39.6 Å². The number of allylic oxidation sites excluding steroid dienone is 4. The van der Waals surface area contributed by atoms with Crippen molar-refractivity contribution in [1.29, 1.82) is 0 Å². The molecule has 0 spiro atoms. The number of halogens is 2. The molecule has 1 unspecified atom stereocenters. The summed E-state index contributed by atoms with van der Waals surface area (Å²) in [5, 5.41) is 23.5. The third kappa shape index (κ3) is 7.63. The SMILES string of the molecule is C[C@]12C=CC(=O)C=C1CC[C@@H]1C2[C@@H](O)C[C@@]2(C)[C@H]1CC[C@]2(O)C(=O)COC(=O)CCC(=O)OCOC(=O)c1cn(C2CC2)c2c(Cl)c(N3CCCC[C@@H](N)C3)c(F)cc2c1=O. The van der Waals surface area contributed by atoms with Gasteiger partial charge in [-0.05, 0) is 87.8 Å². The summed E-state index contributed by atoms with van der Waals surface area (Å²) in [4.78, 5) is 79.4. The van der Waals surface area contributed by atoms with Crippen molar-refractivity contribution in [3.05, 3.63) is 62.7 Å². The van der Waals surface area contributed by atoms with Gasteiger partial charge in [0.2, 0.25) is 18.0 Å². The molecule has 328 valence electrons. The Kier molecular flexibility index (Phi) is 11.6. The van der Waals surface area contributed by atoms with Gasteiger partial charge in [-0.2, -0.15) is 0 Å². The molecule has 8 atom stereocenters. The standard InChI is InChI=1S/C45H53ClFN3O11/c1-43-14-12-27(51)17-24(43)6-9-28-31-13-15-45(58,44(31,2)19-33(52)37(28)43)34(53)22-59-35(54)10-11-36(55)60-23-61-42(57)30-21-50(26-7-8-26)39-29(41(30)56)18-32(47)40(38(39)46)49-16-4-3-5-25(48)20-49/h12,14,17-18,21,25-26,28,31,33,37,52,58H,3-11,13,15-16,19-20,22-23,48H2,1-2H3/t25-,28+,31+,33+,37?,43+,44+,45+/m1/s1. The molecule has 4 N–H and O–H groups in total. The molecule has 14 nitrogen and oxygen atoms in total. The van der Waals surface area contributed by atoms with Gasteiger partial charge in [0.25, 0.3) is 0 Å². The number of aromatic nitrogens is 1. The van der Waals surface area contributed by atoms with E-state index in [9.17, 15) is 39.0 Å². The zero-order valence-electron chi connectivity index (χ0n) is 34.5. The van der Waals surface area contributed by atoms with Gasteiger partial charge in [0.15, 0.2) is 12.4 Å². The lowest BCUT2D eigenvalue weighted by Crippen LogP contribution is -2.61. The van der Waals surface area contributed by atoms with E-state index < -0.39 is 89.3 Å². The fraction of sp³-hybridized carbons (Fsp3) is 0.600. The molecule has 2 heterocycles. The number of nitrogens with zero attached hydrogens (tertiary/aromatic N) is 2. The lowest BCUT2D eigenvalue weighted by Gasteiger charge is -2.59. The highest BCUT2D eigenvalue weighted by atomic mass is 35.5. The normalized spacial score (nSPS) is 32.0.